The lowest BCUT2D eigenvalue weighted by Crippen LogP contribution is -2.20. The first-order valence-electron chi connectivity index (χ1n) is 8.30. The van der Waals surface area contributed by atoms with Gasteiger partial charge in [0.2, 0.25) is 0 Å². The van der Waals surface area contributed by atoms with Gasteiger partial charge in [-0.1, -0.05) is 76.2 Å². The van der Waals surface area contributed by atoms with Crippen molar-refractivity contribution in [3.63, 3.8) is 0 Å². The molecule has 2 aromatic rings. The van der Waals surface area contributed by atoms with Gasteiger partial charge in [0.05, 0.1) is 0 Å². The first-order valence-corrected chi connectivity index (χ1v) is 8.30. The van der Waals surface area contributed by atoms with Crippen molar-refractivity contribution in [2.45, 2.75) is 52.6 Å². The molecule has 1 radical (unpaired) electrons. The summed E-state index contributed by atoms with van der Waals surface area (Å²) < 4.78 is 0. The van der Waals surface area contributed by atoms with E-state index in [-0.39, 0.29) is 0 Å². The summed E-state index contributed by atoms with van der Waals surface area (Å²) in [5.74, 6) is 1.05. The molecule has 0 aliphatic carbocycles. The van der Waals surface area contributed by atoms with Crippen LogP contribution >= 0.6 is 0 Å². The lowest BCUT2D eigenvalue weighted by Gasteiger charge is -2.17. The van der Waals surface area contributed by atoms with Crippen LogP contribution in [0, 0.1) is 0 Å². The van der Waals surface area contributed by atoms with Gasteiger partial charge in [0.15, 0.2) is 0 Å². The van der Waals surface area contributed by atoms with E-state index in [1.54, 1.807) is 4.90 Å². The second-order valence-electron chi connectivity index (χ2n) is 6.74. The van der Waals surface area contributed by atoms with Crippen LogP contribution in [0.2, 0.25) is 0 Å². The van der Waals surface area contributed by atoms with Crippen LogP contribution in [0.25, 0.3) is 0 Å². The van der Waals surface area contributed by atoms with Crippen molar-refractivity contribution in [2.24, 2.45) is 0 Å². The number of rotatable bonds is 7. The average Bonchev–Trinajstić information content (AvgIpc) is 2.55. The van der Waals surface area contributed by atoms with Gasteiger partial charge < -0.3 is 4.90 Å². The largest absolute Gasteiger partial charge is 0.326 e. The lowest BCUT2D eigenvalue weighted by molar-refractivity contribution is 0.368. The fourth-order valence-corrected chi connectivity index (χ4v) is 2.58. The van der Waals surface area contributed by atoms with Crippen molar-refractivity contribution in [3.05, 3.63) is 70.8 Å². The normalized spacial score (nSPS) is 11.0. The molecular weight excluding hydrogens is 282 g/mol. The SMILES string of the molecule is CC(C)c1ccc(CN([C]=O)Cc2ccc(C(C)C)cc2)cc1. The molecule has 0 spiro atoms. The van der Waals surface area contributed by atoms with E-state index in [1.807, 2.05) is 0 Å². The third-order valence-corrected chi connectivity index (χ3v) is 4.17. The van der Waals surface area contributed by atoms with Crippen LogP contribution < -0.4 is 0 Å². The number of nitrogens with zero attached hydrogens (tertiary/aromatic N) is 1. The summed E-state index contributed by atoms with van der Waals surface area (Å²) in [6.07, 6.45) is 2.06. The Morgan fingerprint density at radius 1 is 0.739 bits per heavy atom. The summed E-state index contributed by atoms with van der Waals surface area (Å²) in [5, 5.41) is 0. The molecule has 23 heavy (non-hydrogen) atoms. The van der Waals surface area contributed by atoms with E-state index < -0.39 is 0 Å². The number of carbonyl (C=O) groups excluding carboxylic acids is 1. The molecule has 0 bridgehead atoms. The Bertz CT molecular complexity index is 558. The number of hydrogen-bond acceptors (Lipinski definition) is 1. The van der Waals surface area contributed by atoms with Crippen LogP contribution in [0.5, 0.6) is 0 Å². The Hall–Kier alpha value is -2.09. The maximum absolute atomic E-state index is 11.3. The minimum atomic E-state index is 0.525. The number of amides is 1. The molecule has 0 aliphatic heterocycles. The molecule has 0 atom stereocenters. The van der Waals surface area contributed by atoms with Crippen molar-refractivity contribution in [1.82, 2.24) is 4.90 Å². The van der Waals surface area contributed by atoms with E-state index in [2.05, 4.69) is 82.6 Å². The van der Waals surface area contributed by atoms with Crippen molar-refractivity contribution in [3.8, 4) is 0 Å². The second-order valence-corrected chi connectivity index (χ2v) is 6.74. The molecule has 0 aromatic heterocycles. The fourth-order valence-electron chi connectivity index (χ4n) is 2.58. The van der Waals surface area contributed by atoms with Crippen LogP contribution in [0.15, 0.2) is 48.5 Å². The molecule has 0 heterocycles. The molecule has 2 rings (SSSR count). The van der Waals surface area contributed by atoms with Crippen LogP contribution in [0.1, 0.15) is 61.8 Å². The summed E-state index contributed by atoms with van der Waals surface area (Å²) in [7, 11) is 0. The van der Waals surface area contributed by atoms with Crippen molar-refractivity contribution in [1.29, 1.82) is 0 Å². The quantitative estimate of drug-likeness (QED) is 0.659. The molecular formula is C21H26NO. The molecule has 0 saturated carbocycles. The number of benzene rings is 2. The van der Waals surface area contributed by atoms with Crippen molar-refractivity contribution >= 4 is 6.41 Å². The Balaban J connectivity index is 2.00. The molecule has 2 nitrogen and oxygen atoms in total. The summed E-state index contributed by atoms with van der Waals surface area (Å²) >= 11 is 0. The van der Waals surface area contributed by atoms with E-state index in [0.717, 1.165) is 11.1 Å². The highest BCUT2D eigenvalue weighted by atomic mass is 16.1. The summed E-state index contributed by atoms with van der Waals surface area (Å²) in [6, 6.07) is 17.0. The van der Waals surface area contributed by atoms with Crippen LogP contribution in [0.3, 0.4) is 0 Å². The maximum Gasteiger partial charge on any atom is 0.312 e. The Kier molecular flexibility index (Phi) is 5.97. The standard InChI is InChI=1S/C21H26NO/c1-16(2)20-9-5-18(6-10-20)13-22(15-23)14-19-7-11-21(12-8-19)17(3)4/h5-12,16-17H,13-14H2,1-4H3. The first kappa shape index (κ1) is 17.3. The van der Waals surface area contributed by atoms with Gasteiger partial charge in [-0.05, 0) is 34.1 Å². The highest BCUT2D eigenvalue weighted by Crippen LogP contribution is 2.18. The molecule has 121 valence electrons. The van der Waals surface area contributed by atoms with Crippen LogP contribution in [-0.2, 0) is 17.9 Å². The van der Waals surface area contributed by atoms with Gasteiger partial charge in [-0.25, -0.2) is 0 Å². The van der Waals surface area contributed by atoms with E-state index in [0.29, 0.717) is 24.9 Å². The fraction of sp³-hybridized carbons (Fsp3) is 0.381. The predicted octanol–water partition coefficient (Wildman–Crippen LogP) is 5.00. The Labute approximate surface area is 140 Å². The third kappa shape index (κ3) is 4.95. The smallest absolute Gasteiger partial charge is 0.312 e. The van der Waals surface area contributed by atoms with Gasteiger partial charge in [-0.2, -0.15) is 0 Å². The molecule has 0 aliphatic rings. The zero-order valence-electron chi connectivity index (χ0n) is 14.5. The average molecular weight is 308 g/mol. The van der Waals surface area contributed by atoms with Gasteiger partial charge in [-0.15, -0.1) is 0 Å². The monoisotopic (exact) mass is 308 g/mol. The van der Waals surface area contributed by atoms with Crippen molar-refractivity contribution < 1.29 is 4.79 Å². The molecule has 2 aromatic carbocycles. The second kappa shape index (κ2) is 7.96. The maximum atomic E-state index is 11.3. The molecule has 2 heteroatoms. The van der Waals surface area contributed by atoms with Crippen LogP contribution in [0.4, 0.5) is 0 Å². The zero-order chi connectivity index (χ0) is 16.8. The van der Waals surface area contributed by atoms with Gasteiger partial charge in [0.25, 0.3) is 0 Å². The van der Waals surface area contributed by atoms with Gasteiger partial charge >= 0.3 is 6.41 Å². The highest BCUT2D eigenvalue weighted by molar-refractivity contribution is 5.49. The first-order chi connectivity index (χ1) is 11.0. The van der Waals surface area contributed by atoms with Crippen molar-refractivity contribution in [2.75, 3.05) is 0 Å². The van der Waals surface area contributed by atoms with Gasteiger partial charge in [0.1, 0.15) is 0 Å². The number of hydrogen-bond donors (Lipinski definition) is 0. The molecule has 0 unspecified atom stereocenters. The van der Waals surface area contributed by atoms with Gasteiger partial charge in [0, 0.05) is 13.1 Å². The van der Waals surface area contributed by atoms with Crippen LogP contribution in [-0.4, -0.2) is 11.3 Å². The molecule has 0 saturated heterocycles. The Morgan fingerprint density at radius 2 is 1.09 bits per heavy atom. The highest BCUT2D eigenvalue weighted by Gasteiger charge is 2.07. The molecule has 1 amide bonds. The lowest BCUT2D eigenvalue weighted by atomic mass is 10.0. The third-order valence-electron chi connectivity index (χ3n) is 4.17. The van der Waals surface area contributed by atoms with E-state index >= 15 is 0 Å². The van der Waals surface area contributed by atoms with Gasteiger partial charge in [-0.3, -0.25) is 4.79 Å². The minimum Gasteiger partial charge on any atom is -0.326 e. The zero-order valence-corrected chi connectivity index (χ0v) is 14.5. The minimum absolute atomic E-state index is 0.525. The van der Waals surface area contributed by atoms with E-state index in [9.17, 15) is 4.79 Å². The molecule has 0 N–H and O–H groups in total. The predicted molar refractivity (Wildman–Crippen MR) is 96.0 cm³/mol. The summed E-state index contributed by atoms with van der Waals surface area (Å²) in [5.41, 5.74) is 4.91. The summed E-state index contributed by atoms with van der Waals surface area (Å²) in [6.45, 7) is 9.91. The summed E-state index contributed by atoms with van der Waals surface area (Å²) in [4.78, 5) is 13.0. The molecule has 0 fully saturated rings. The van der Waals surface area contributed by atoms with E-state index in [1.165, 1.54) is 11.1 Å². The topological polar surface area (TPSA) is 20.3 Å². The van der Waals surface area contributed by atoms with E-state index in [4.69, 9.17) is 0 Å². The Morgan fingerprint density at radius 3 is 1.35 bits per heavy atom.